The summed E-state index contributed by atoms with van der Waals surface area (Å²) in [4.78, 5) is 12.5. The van der Waals surface area contributed by atoms with E-state index in [-0.39, 0.29) is 11.1 Å². The minimum Gasteiger partial charge on any atom is -0.491 e. The summed E-state index contributed by atoms with van der Waals surface area (Å²) in [7, 11) is 0. The SMILES string of the molecule is CCCOc1ccc2cc(-c3ccc(-c4ccc(CCC)cc4)cc3)oc(=O)c2c1F. The largest absolute Gasteiger partial charge is 0.491 e. The van der Waals surface area contributed by atoms with Crippen LogP contribution < -0.4 is 10.4 Å². The standard InChI is InChI=1S/C27H25FO3/c1-3-5-18-6-8-19(9-7-18)20-10-12-21(13-11-20)24-17-22-14-15-23(30-16-4-2)26(28)25(22)27(29)31-24/h6-15,17H,3-5,16H2,1-2H3. The Morgan fingerprint density at radius 1 is 0.839 bits per heavy atom. The zero-order valence-electron chi connectivity index (χ0n) is 17.8. The van der Waals surface area contributed by atoms with Gasteiger partial charge in [-0.25, -0.2) is 9.18 Å². The van der Waals surface area contributed by atoms with Gasteiger partial charge in [0.15, 0.2) is 11.6 Å². The minimum atomic E-state index is -0.706. The van der Waals surface area contributed by atoms with Gasteiger partial charge < -0.3 is 9.15 Å². The molecule has 0 aliphatic rings. The van der Waals surface area contributed by atoms with Gasteiger partial charge in [-0.2, -0.15) is 0 Å². The van der Waals surface area contributed by atoms with Gasteiger partial charge in [-0.15, -0.1) is 0 Å². The maximum atomic E-state index is 14.7. The molecule has 0 unspecified atom stereocenters. The second-order valence-electron chi connectivity index (χ2n) is 7.61. The molecule has 0 N–H and O–H groups in total. The Bertz CT molecular complexity index is 1240. The molecule has 158 valence electrons. The second kappa shape index (κ2) is 9.17. The summed E-state index contributed by atoms with van der Waals surface area (Å²) in [5.74, 6) is -0.194. The summed E-state index contributed by atoms with van der Waals surface area (Å²) < 4.78 is 25.6. The number of aryl methyl sites for hydroxylation is 1. The first kappa shape index (κ1) is 20.9. The van der Waals surface area contributed by atoms with Gasteiger partial charge in [0.05, 0.1) is 6.61 Å². The van der Waals surface area contributed by atoms with Crippen molar-refractivity contribution in [1.82, 2.24) is 0 Å². The van der Waals surface area contributed by atoms with E-state index in [4.69, 9.17) is 9.15 Å². The molecular weight excluding hydrogens is 391 g/mol. The lowest BCUT2D eigenvalue weighted by Gasteiger charge is -2.09. The summed E-state index contributed by atoms with van der Waals surface area (Å²) >= 11 is 0. The van der Waals surface area contributed by atoms with Crippen LogP contribution in [-0.4, -0.2) is 6.61 Å². The molecule has 3 aromatic carbocycles. The predicted octanol–water partition coefficient (Wildman–Crippen LogP) is 7.01. The van der Waals surface area contributed by atoms with E-state index in [0.29, 0.717) is 17.8 Å². The molecule has 3 nitrogen and oxygen atoms in total. The number of hydrogen-bond acceptors (Lipinski definition) is 3. The van der Waals surface area contributed by atoms with Gasteiger partial charge >= 0.3 is 5.63 Å². The Labute approximate surface area is 181 Å². The lowest BCUT2D eigenvalue weighted by molar-refractivity contribution is 0.302. The Morgan fingerprint density at radius 2 is 1.48 bits per heavy atom. The lowest BCUT2D eigenvalue weighted by atomic mass is 10.0. The van der Waals surface area contributed by atoms with Gasteiger partial charge in [0.1, 0.15) is 11.1 Å². The van der Waals surface area contributed by atoms with E-state index < -0.39 is 11.4 Å². The molecule has 0 amide bonds. The van der Waals surface area contributed by atoms with Crippen molar-refractivity contribution < 1.29 is 13.5 Å². The van der Waals surface area contributed by atoms with Crippen LogP contribution in [-0.2, 0) is 6.42 Å². The van der Waals surface area contributed by atoms with Crippen LogP contribution >= 0.6 is 0 Å². The molecule has 0 aliphatic carbocycles. The van der Waals surface area contributed by atoms with E-state index in [1.165, 1.54) is 5.56 Å². The van der Waals surface area contributed by atoms with Crippen molar-refractivity contribution in [2.45, 2.75) is 33.1 Å². The molecule has 1 aromatic heterocycles. The lowest BCUT2D eigenvalue weighted by Crippen LogP contribution is -2.05. The number of benzene rings is 3. The highest BCUT2D eigenvalue weighted by molar-refractivity contribution is 5.86. The summed E-state index contributed by atoms with van der Waals surface area (Å²) in [5.41, 5.74) is 3.60. The van der Waals surface area contributed by atoms with Crippen molar-refractivity contribution in [3.05, 3.63) is 88.5 Å². The number of hydrogen-bond donors (Lipinski definition) is 0. The second-order valence-corrected chi connectivity index (χ2v) is 7.61. The average molecular weight is 416 g/mol. The molecule has 4 heteroatoms. The topological polar surface area (TPSA) is 39.4 Å². The van der Waals surface area contributed by atoms with Gasteiger partial charge in [0.25, 0.3) is 0 Å². The Hall–Kier alpha value is -3.40. The maximum absolute atomic E-state index is 14.7. The van der Waals surface area contributed by atoms with Gasteiger partial charge in [0.2, 0.25) is 0 Å². The third kappa shape index (κ3) is 4.38. The van der Waals surface area contributed by atoms with Crippen molar-refractivity contribution in [1.29, 1.82) is 0 Å². The summed E-state index contributed by atoms with van der Waals surface area (Å²) in [6.07, 6.45) is 2.96. The van der Waals surface area contributed by atoms with Crippen LogP contribution in [0.2, 0.25) is 0 Å². The molecule has 4 rings (SSSR count). The summed E-state index contributed by atoms with van der Waals surface area (Å²) in [6, 6.07) is 21.3. The first-order chi connectivity index (χ1) is 15.1. The van der Waals surface area contributed by atoms with Crippen LogP contribution in [0.5, 0.6) is 5.75 Å². The summed E-state index contributed by atoms with van der Waals surface area (Å²) in [5, 5.41) is 0.407. The van der Waals surface area contributed by atoms with Crippen molar-refractivity contribution in [2.75, 3.05) is 6.61 Å². The first-order valence-electron chi connectivity index (χ1n) is 10.7. The molecule has 0 saturated carbocycles. The van der Waals surface area contributed by atoms with Crippen LogP contribution in [0.15, 0.2) is 75.9 Å². The smallest absolute Gasteiger partial charge is 0.347 e. The highest BCUT2D eigenvalue weighted by Gasteiger charge is 2.15. The van der Waals surface area contributed by atoms with E-state index in [9.17, 15) is 9.18 Å². The Balaban J connectivity index is 1.65. The molecule has 0 fully saturated rings. The van der Waals surface area contributed by atoms with E-state index in [0.717, 1.165) is 36.0 Å². The molecule has 0 atom stereocenters. The number of halogens is 1. The van der Waals surface area contributed by atoms with Crippen molar-refractivity contribution in [2.24, 2.45) is 0 Å². The van der Waals surface area contributed by atoms with Crippen LogP contribution in [0.4, 0.5) is 4.39 Å². The van der Waals surface area contributed by atoms with E-state index in [2.05, 4.69) is 31.2 Å². The number of fused-ring (bicyclic) bond motifs is 1. The zero-order chi connectivity index (χ0) is 21.8. The third-order valence-corrected chi connectivity index (χ3v) is 5.29. The zero-order valence-corrected chi connectivity index (χ0v) is 17.8. The fourth-order valence-corrected chi connectivity index (χ4v) is 3.67. The molecule has 31 heavy (non-hydrogen) atoms. The van der Waals surface area contributed by atoms with Gasteiger partial charge in [0, 0.05) is 5.56 Å². The summed E-state index contributed by atoms with van der Waals surface area (Å²) in [6.45, 7) is 4.50. The van der Waals surface area contributed by atoms with Gasteiger partial charge in [-0.05, 0) is 47.1 Å². The fraction of sp³-hybridized carbons (Fsp3) is 0.222. The molecule has 0 saturated heterocycles. The quantitative estimate of drug-likeness (QED) is 0.325. The fourth-order valence-electron chi connectivity index (χ4n) is 3.67. The van der Waals surface area contributed by atoms with Crippen LogP contribution in [0.3, 0.4) is 0 Å². The third-order valence-electron chi connectivity index (χ3n) is 5.29. The minimum absolute atomic E-state index is 0.0729. The van der Waals surface area contributed by atoms with E-state index >= 15 is 0 Å². The number of ether oxygens (including phenoxy) is 1. The molecule has 0 spiro atoms. The highest BCUT2D eigenvalue weighted by Crippen LogP contribution is 2.29. The average Bonchev–Trinajstić information content (AvgIpc) is 2.79. The highest BCUT2D eigenvalue weighted by atomic mass is 19.1. The van der Waals surface area contributed by atoms with E-state index in [1.54, 1.807) is 18.2 Å². The van der Waals surface area contributed by atoms with Gasteiger partial charge in [-0.1, -0.05) is 74.9 Å². The van der Waals surface area contributed by atoms with Crippen LogP contribution in [0.25, 0.3) is 33.2 Å². The predicted molar refractivity (Wildman–Crippen MR) is 123 cm³/mol. The van der Waals surface area contributed by atoms with Crippen molar-refractivity contribution in [3.8, 4) is 28.2 Å². The van der Waals surface area contributed by atoms with Crippen LogP contribution in [0.1, 0.15) is 32.3 Å². The molecule has 4 aromatic rings. The first-order valence-corrected chi connectivity index (χ1v) is 10.7. The van der Waals surface area contributed by atoms with Gasteiger partial charge in [-0.3, -0.25) is 0 Å². The maximum Gasteiger partial charge on any atom is 0.347 e. The van der Waals surface area contributed by atoms with Crippen molar-refractivity contribution >= 4 is 10.8 Å². The van der Waals surface area contributed by atoms with E-state index in [1.807, 2.05) is 31.2 Å². The molecule has 0 radical (unpaired) electrons. The molecule has 1 heterocycles. The number of rotatable bonds is 7. The molecular formula is C27H25FO3. The normalized spacial score (nSPS) is 11.1. The molecule has 0 bridgehead atoms. The Morgan fingerprint density at radius 3 is 2.13 bits per heavy atom. The monoisotopic (exact) mass is 416 g/mol. The molecule has 0 aliphatic heterocycles. The Kier molecular flexibility index (Phi) is 6.17. The van der Waals surface area contributed by atoms with Crippen LogP contribution in [0, 0.1) is 5.82 Å². The van der Waals surface area contributed by atoms with Crippen molar-refractivity contribution in [3.63, 3.8) is 0 Å².